The molecule has 1 N–H and O–H groups in total. The third kappa shape index (κ3) is 3.50. The van der Waals surface area contributed by atoms with Gasteiger partial charge in [-0.1, -0.05) is 29.8 Å². The van der Waals surface area contributed by atoms with E-state index < -0.39 is 5.97 Å². The van der Waals surface area contributed by atoms with Gasteiger partial charge in [-0.25, -0.2) is 14.5 Å². The van der Waals surface area contributed by atoms with E-state index in [0.717, 1.165) is 22.5 Å². The molecule has 0 amide bonds. The first-order chi connectivity index (χ1) is 12.4. The molecule has 1 unspecified atom stereocenters. The molecule has 3 aromatic rings. The minimum Gasteiger partial charge on any atom is -0.478 e. The zero-order valence-corrected chi connectivity index (χ0v) is 15.3. The highest BCUT2D eigenvalue weighted by atomic mass is 16.4. The predicted octanol–water partition coefficient (Wildman–Crippen LogP) is 3.56. The Labute approximate surface area is 152 Å². The first-order valence-corrected chi connectivity index (χ1v) is 8.39. The maximum absolute atomic E-state index is 11.6. The summed E-state index contributed by atoms with van der Waals surface area (Å²) in [7, 11) is 3.93. The van der Waals surface area contributed by atoms with Crippen LogP contribution in [0.2, 0.25) is 0 Å². The van der Waals surface area contributed by atoms with E-state index in [2.05, 4.69) is 10.1 Å². The van der Waals surface area contributed by atoms with Crippen molar-refractivity contribution in [1.29, 1.82) is 0 Å². The van der Waals surface area contributed by atoms with Crippen LogP contribution in [0.1, 0.15) is 34.7 Å². The normalized spacial score (nSPS) is 12.3. The fourth-order valence-corrected chi connectivity index (χ4v) is 2.73. The monoisotopic (exact) mass is 350 g/mol. The zero-order chi connectivity index (χ0) is 18.8. The number of rotatable bonds is 5. The van der Waals surface area contributed by atoms with Crippen LogP contribution in [-0.4, -0.2) is 44.8 Å². The number of aromatic carboxylic acids is 1. The third-order valence-corrected chi connectivity index (χ3v) is 4.52. The Morgan fingerprint density at radius 1 is 1.12 bits per heavy atom. The summed E-state index contributed by atoms with van der Waals surface area (Å²) in [6, 6.07) is 13.3. The third-order valence-electron chi connectivity index (χ3n) is 4.52. The van der Waals surface area contributed by atoms with E-state index in [-0.39, 0.29) is 11.6 Å². The van der Waals surface area contributed by atoms with E-state index in [0.29, 0.717) is 5.69 Å². The maximum atomic E-state index is 11.6. The number of nitrogens with zero attached hydrogens (tertiary/aromatic N) is 4. The summed E-state index contributed by atoms with van der Waals surface area (Å²) in [4.78, 5) is 18.0. The van der Waals surface area contributed by atoms with Crippen LogP contribution in [-0.2, 0) is 0 Å². The van der Waals surface area contributed by atoms with E-state index in [9.17, 15) is 9.90 Å². The lowest BCUT2D eigenvalue weighted by Crippen LogP contribution is -2.21. The Kier molecular flexibility index (Phi) is 4.86. The molecular formula is C20H22N4O2. The average Bonchev–Trinajstić information content (AvgIpc) is 3.10. The standard InChI is InChI=1S/C20H22N4O2/c1-13-5-7-15(8-6-13)16-9-17(20(25)26)11-18(10-16)24-19(21-12-22-24)14(2)23(3)4/h5-12,14H,1-4H3,(H,25,26). The Hall–Kier alpha value is -2.99. The zero-order valence-electron chi connectivity index (χ0n) is 15.3. The van der Waals surface area contributed by atoms with E-state index in [1.807, 2.05) is 63.2 Å². The molecule has 1 aromatic heterocycles. The number of carboxylic acid groups (broad SMARTS) is 1. The second kappa shape index (κ2) is 7.09. The fourth-order valence-electron chi connectivity index (χ4n) is 2.73. The summed E-state index contributed by atoms with van der Waals surface area (Å²) >= 11 is 0. The molecule has 0 saturated carbocycles. The Morgan fingerprint density at radius 3 is 2.42 bits per heavy atom. The summed E-state index contributed by atoms with van der Waals surface area (Å²) in [6.45, 7) is 4.05. The van der Waals surface area contributed by atoms with Gasteiger partial charge in [-0.2, -0.15) is 5.10 Å². The van der Waals surface area contributed by atoms with E-state index in [1.165, 1.54) is 6.33 Å². The topological polar surface area (TPSA) is 71.2 Å². The van der Waals surface area contributed by atoms with Gasteiger partial charge in [0.25, 0.3) is 0 Å². The highest BCUT2D eigenvalue weighted by Gasteiger charge is 2.18. The number of benzene rings is 2. The van der Waals surface area contributed by atoms with E-state index in [1.54, 1.807) is 16.8 Å². The maximum Gasteiger partial charge on any atom is 0.335 e. The lowest BCUT2D eigenvalue weighted by Gasteiger charge is -2.20. The van der Waals surface area contributed by atoms with Crippen LogP contribution < -0.4 is 0 Å². The predicted molar refractivity (Wildman–Crippen MR) is 101 cm³/mol. The van der Waals surface area contributed by atoms with E-state index >= 15 is 0 Å². The van der Waals surface area contributed by atoms with Gasteiger partial charge in [0.15, 0.2) is 0 Å². The van der Waals surface area contributed by atoms with Gasteiger partial charge in [0.2, 0.25) is 0 Å². The lowest BCUT2D eigenvalue weighted by molar-refractivity contribution is 0.0697. The van der Waals surface area contributed by atoms with Crippen LogP contribution in [0.3, 0.4) is 0 Å². The Morgan fingerprint density at radius 2 is 1.81 bits per heavy atom. The van der Waals surface area contributed by atoms with Crippen molar-refractivity contribution in [2.75, 3.05) is 14.1 Å². The number of hydrogen-bond donors (Lipinski definition) is 1. The molecule has 0 bridgehead atoms. The van der Waals surface area contributed by atoms with Gasteiger partial charge in [0.1, 0.15) is 12.2 Å². The van der Waals surface area contributed by atoms with Gasteiger partial charge in [-0.3, -0.25) is 4.90 Å². The highest BCUT2D eigenvalue weighted by molar-refractivity contribution is 5.90. The van der Waals surface area contributed by atoms with Crippen molar-refractivity contribution in [2.24, 2.45) is 0 Å². The molecule has 6 nitrogen and oxygen atoms in total. The summed E-state index contributed by atoms with van der Waals surface area (Å²) in [5.41, 5.74) is 3.85. The van der Waals surface area contributed by atoms with Crippen molar-refractivity contribution in [3.63, 3.8) is 0 Å². The number of aromatic nitrogens is 3. The van der Waals surface area contributed by atoms with Crippen molar-refractivity contribution in [1.82, 2.24) is 19.7 Å². The largest absolute Gasteiger partial charge is 0.478 e. The Balaban J connectivity index is 2.15. The molecule has 0 aliphatic heterocycles. The van der Waals surface area contributed by atoms with Crippen molar-refractivity contribution in [3.05, 3.63) is 65.7 Å². The smallest absolute Gasteiger partial charge is 0.335 e. The van der Waals surface area contributed by atoms with Crippen molar-refractivity contribution < 1.29 is 9.90 Å². The molecule has 3 rings (SSSR count). The molecule has 0 aliphatic carbocycles. The summed E-state index contributed by atoms with van der Waals surface area (Å²) < 4.78 is 1.70. The molecule has 134 valence electrons. The van der Waals surface area contributed by atoms with Gasteiger partial charge < -0.3 is 5.11 Å². The van der Waals surface area contributed by atoms with Crippen LogP contribution in [0.25, 0.3) is 16.8 Å². The number of hydrogen-bond acceptors (Lipinski definition) is 4. The summed E-state index contributed by atoms with van der Waals surface area (Å²) in [6.07, 6.45) is 1.49. The molecule has 26 heavy (non-hydrogen) atoms. The van der Waals surface area contributed by atoms with Gasteiger partial charge in [0.05, 0.1) is 17.3 Å². The second-order valence-corrected chi connectivity index (χ2v) is 6.61. The molecule has 0 radical (unpaired) electrons. The van der Waals surface area contributed by atoms with Crippen LogP contribution in [0.15, 0.2) is 48.8 Å². The van der Waals surface area contributed by atoms with Gasteiger partial charge in [0, 0.05) is 0 Å². The first kappa shape index (κ1) is 17.8. The SMILES string of the molecule is Cc1ccc(-c2cc(C(=O)O)cc(-n3ncnc3C(C)N(C)C)c2)cc1. The van der Waals surface area contributed by atoms with Crippen LogP contribution >= 0.6 is 0 Å². The van der Waals surface area contributed by atoms with Crippen LogP contribution in [0, 0.1) is 6.92 Å². The minimum absolute atomic E-state index is 0.0359. The Bertz CT molecular complexity index is 929. The highest BCUT2D eigenvalue weighted by Crippen LogP contribution is 2.26. The average molecular weight is 350 g/mol. The molecular weight excluding hydrogens is 328 g/mol. The van der Waals surface area contributed by atoms with Crippen LogP contribution in [0.5, 0.6) is 0 Å². The first-order valence-electron chi connectivity index (χ1n) is 8.39. The quantitative estimate of drug-likeness (QED) is 0.762. The van der Waals surface area contributed by atoms with Gasteiger partial charge >= 0.3 is 5.97 Å². The molecule has 1 heterocycles. The summed E-state index contributed by atoms with van der Waals surface area (Å²) in [5, 5.41) is 13.9. The van der Waals surface area contributed by atoms with Gasteiger partial charge in [-0.15, -0.1) is 0 Å². The van der Waals surface area contributed by atoms with Crippen molar-refractivity contribution >= 4 is 5.97 Å². The molecule has 0 fully saturated rings. The number of aryl methyl sites for hydroxylation is 1. The van der Waals surface area contributed by atoms with Gasteiger partial charge in [-0.05, 0) is 57.3 Å². The number of carboxylic acids is 1. The van der Waals surface area contributed by atoms with Crippen LogP contribution in [0.4, 0.5) is 0 Å². The van der Waals surface area contributed by atoms with Crippen molar-refractivity contribution in [2.45, 2.75) is 19.9 Å². The molecule has 6 heteroatoms. The molecule has 0 aliphatic rings. The number of carbonyl (C=O) groups is 1. The lowest BCUT2D eigenvalue weighted by atomic mass is 10.0. The van der Waals surface area contributed by atoms with E-state index in [4.69, 9.17) is 0 Å². The molecule has 1 atom stereocenters. The van der Waals surface area contributed by atoms with Crippen molar-refractivity contribution in [3.8, 4) is 16.8 Å². The molecule has 2 aromatic carbocycles. The fraction of sp³-hybridized carbons (Fsp3) is 0.250. The summed E-state index contributed by atoms with van der Waals surface area (Å²) in [5.74, 6) is -0.213. The molecule has 0 saturated heterocycles. The minimum atomic E-state index is -0.970. The molecule has 0 spiro atoms. The second-order valence-electron chi connectivity index (χ2n) is 6.61.